The highest BCUT2D eigenvalue weighted by Gasteiger charge is 2.31. The van der Waals surface area contributed by atoms with Crippen molar-refractivity contribution in [1.29, 1.82) is 0 Å². The van der Waals surface area contributed by atoms with E-state index in [1.54, 1.807) is 6.07 Å². The van der Waals surface area contributed by atoms with Crippen LogP contribution in [0.5, 0.6) is 5.75 Å². The van der Waals surface area contributed by atoms with Crippen molar-refractivity contribution in [1.82, 2.24) is 0 Å². The van der Waals surface area contributed by atoms with Crippen LogP contribution in [0.4, 0.5) is 0 Å². The van der Waals surface area contributed by atoms with Crippen LogP contribution in [-0.2, 0) is 33.1 Å². The second-order valence-electron chi connectivity index (χ2n) is 7.28. The Bertz CT molecular complexity index is 1220. The second-order valence-corrected chi connectivity index (χ2v) is 13.5. The zero-order valence-electron chi connectivity index (χ0n) is 16.0. The summed E-state index contributed by atoms with van der Waals surface area (Å²) in [5, 5.41) is 0. The largest absolute Gasteiger partial charge is 0.744 e. The van der Waals surface area contributed by atoms with Gasteiger partial charge in [0.15, 0.2) is 0 Å². The van der Waals surface area contributed by atoms with Crippen molar-refractivity contribution in [2.24, 2.45) is 0 Å². The highest BCUT2D eigenvalue weighted by molar-refractivity contribution is 14.1. The normalized spacial score (nSPS) is 14.6. The Hall–Kier alpha value is 0.290. The number of halogens is 3. The number of hydrogen-bond acceptors (Lipinski definition) is 6. The molecule has 0 saturated carbocycles. The lowest BCUT2D eigenvalue weighted by Gasteiger charge is -2.27. The molecule has 0 aliphatic heterocycles. The predicted octanol–water partition coefficient (Wildman–Crippen LogP) is 5.17. The highest BCUT2D eigenvalue weighted by Crippen LogP contribution is 2.42. The Labute approximate surface area is 217 Å². The summed E-state index contributed by atoms with van der Waals surface area (Å²) < 4.78 is 70.0. The monoisotopic (exact) mass is 787 g/mol. The second kappa shape index (κ2) is 9.27. The van der Waals surface area contributed by atoms with Gasteiger partial charge in [-0.2, -0.15) is 8.42 Å². The minimum absolute atomic E-state index is 0.0930. The third-order valence-electron chi connectivity index (χ3n) is 4.92. The van der Waals surface area contributed by atoms with Crippen LogP contribution >= 0.6 is 67.8 Å². The van der Waals surface area contributed by atoms with Gasteiger partial charge in [-0.15, -0.1) is 0 Å². The van der Waals surface area contributed by atoms with Crippen LogP contribution in [0.2, 0.25) is 0 Å². The fourth-order valence-corrected chi connectivity index (χ4v) is 9.16. The van der Waals surface area contributed by atoms with E-state index in [1.807, 2.05) is 65.1 Å². The summed E-state index contributed by atoms with van der Waals surface area (Å²) in [6, 6.07) is 4.85. The van der Waals surface area contributed by atoms with Crippen molar-refractivity contribution in [2.75, 3.05) is 0 Å². The molecule has 0 radical (unpaired) electrons. The van der Waals surface area contributed by atoms with Crippen molar-refractivity contribution in [2.45, 2.75) is 55.2 Å². The Morgan fingerprint density at radius 3 is 2.10 bits per heavy atom. The molecule has 0 spiro atoms. The van der Waals surface area contributed by atoms with E-state index >= 15 is 0 Å². The first-order chi connectivity index (χ1) is 13.8. The van der Waals surface area contributed by atoms with Crippen molar-refractivity contribution in [3.05, 3.63) is 45.6 Å². The maximum Gasteiger partial charge on any atom is 0.341 e. The van der Waals surface area contributed by atoms with Gasteiger partial charge in [-0.1, -0.05) is 13.8 Å². The van der Waals surface area contributed by atoms with Crippen LogP contribution in [0.3, 0.4) is 0 Å². The van der Waals surface area contributed by atoms with Crippen LogP contribution in [0.25, 0.3) is 0 Å². The van der Waals surface area contributed by atoms with Crippen molar-refractivity contribution < 1.29 is 25.6 Å². The lowest BCUT2D eigenvalue weighted by atomic mass is 9.87. The van der Waals surface area contributed by atoms with E-state index < -0.39 is 20.2 Å². The van der Waals surface area contributed by atoms with Gasteiger partial charge in [-0.25, -0.2) is 8.42 Å². The molecular formula is C19H18I3O6S2-. The zero-order chi connectivity index (χ0) is 22.4. The molecule has 2 aromatic carbocycles. The molecule has 1 aliphatic carbocycles. The summed E-state index contributed by atoms with van der Waals surface area (Å²) in [5.41, 5.74) is 1.31. The fourth-order valence-electron chi connectivity index (χ4n) is 3.54. The van der Waals surface area contributed by atoms with Gasteiger partial charge in [0.1, 0.15) is 20.8 Å². The Balaban J connectivity index is 2.28. The first-order valence-corrected chi connectivity index (χ1v) is 15.1. The Morgan fingerprint density at radius 2 is 1.53 bits per heavy atom. The molecule has 6 nitrogen and oxygen atoms in total. The molecule has 0 bridgehead atoms. The molecule has 0 aromatic heterocycles. The van der Waals surface area contributed by atoms with E-state index in [4.69, 9.17) is 4.18 Å². The summed E-state index contributed by atoms with van der Waals surface area (Å²) >= 11 is 6.02. The summed E-state index contributed by atoms with van der Waals surface area (Å²) in [6.07, 6.45) is 2.36. The molecule has 0 fully saturated rings. The Morgan fingerprint density at radius 1 is 0.967 bits per heavy atom. The Kier molecular flexibility index (Phi) is 7.70. The van der Waals surface area contributed by atoms with Gasteiger partial charge >= 0.3 is 10.1 Å². The quantitative estimate of drug-likeness (QED) is 0.180. The molecule has 11 heteroatoms. The summed E-state index contributed by atoms with van der Waals surface area (Å²) in [6.45, 7) is 3.62. The average Bonchev–Trinajstić information content (AvgIpc) is 2.63. The predicted molar refractivity (Wildman–Crippen MR) is 138 cm³/mol. The molecule has 0 N–H and O–H groups in total. The molecule has 3 rings (SSSR count). The zero-order valence-corrected chi connectivity index (χ0v) is 24.1. The van der Waals surface area contributed by atoms with Crippen molar-refractivity contribution in [3.63, 3.8) is 0 Å². The van der Waals surface area contributed by atoms with Crippen LogP contribution in [0.1, 0.15) is 49.3 Å². The van der Waals surface area contributed by atoms with Crippen molar-refractivity contribution in [3.8, 4) is 5.75 Å². The van der Waals surface area contributed by atoms with Crippen LogP contribution in [0, 0.1) is 10.7 Å². The van der Waals surface area contributed by atoms with E-state index in [9.17, 15) is 21.4 Å². The third-order valence-corrected chi connectivity index (χ3v) is 11.8. The van der Waals surface area contributed by atoms with E-state index in [1.165, 1.54) is 6.07 Å². The standard InChI is InChI=1S/C19H19I3O6S2/c1-10(2)13-9-16(29(23,24)25)11-5-3-4-6-12(11)18(13)28-30(26,27)19-15(21)8-7-14(20)17(19)22/h7-10H,3-6H2,1-2H3,(H,23,24,25)/p-1. The summed E-state index contributed by atoms with van der Waals surface area (Å²) in [7, 11) is -8.87. The molecule has 0 heterocycles. The minimum atomic E-state index is -4.69. The van der Waals surface area contributed by atoms with Gasteiger partial charge in [0, 0.05) is 21.8 Å². The summed E-state index contributed by atoms with van der Waals surface area (Å²) in [4.78, 5) is -0.167. The summed E-state index contributed by atoms with van der Waals surface area (Å²) in [5.74, 6) is -0.0745. The minimum Gasteiger partial charge on any atom is -0.744 e. The highest BCUT2D eigenvalue weighted by atomic mass is 127. The number of benzene rings is 2. The van der Waals surface area contributed by atoms with Gasteiger partial charge in [0.2, 0.25) is 0 Å². The van der Waals surface area contributed by atoms with Crippen LogP contribution < -0.4 is 4.18 Å². The van der Waals surface area contributed by atoms with Gasteiger partial charge in [0.25, 0.3) is 0 Å². The first-order valence-electron chi connectivity index (χ1n) is 9.07. The molecule has 0 unspecified atom stereocenters. The molecule has 0 atom stereocenters. The average molecular weight is 787 g/mol. The van der Waals surface area contributed by atoms with Gasteiger partial charge in [-0.05, 0) is 123 Å². The fraction of sp³-hybridized carbons (Fsp3) is 0.368. The smallest absolute Gasteiger partial charge is 0.341 e. The molecule has 0 amide bonds. The maximum absolute atomic E-state index is 13.3. The van der Waals surface area contributed by atoms with Crippen LogP contribution in [-0.4, -0.2) is 21.4 Å². The number of hydrogen-bond donors (Lipinski definition) is 0. The van der Waals surface area contributed by atoms with Gasteiger partial charge in [-0.3, -0.25) is 0 Å². The van der Waals surface area contributed by atoms with E-state index in [2.05, 4.69) is 22.6 Å². The van der Waals surface area contributed by atoms with Gasteiger partial charge in [0.05, 0.1) is 4.90 Å². The van der Waals surface area contributed by atoms with E-state index in [0.717, 1.165) is 16.4 Å². The lowest BCUT2D eigenvalue weighted by Crippen LogP contribution is -2.19. The molecule has 2 aromatic rings. The number of fused-ring (bicyclic) bond motifs is 1. The van der Waals surface area contributed by atoms with E-state index in [-0.39, 0.29) is 21.5 Å². The van der Waals surface area contributed by atoms with Gasteiger partial charge < -0.3 is 8.74 Å². The third kappa shape index (κ3) is 4.94. The molecule has 164 valence electrons. The topological polar surface area (TPSA) is 101 Å². The first kappa shape index (κ1) is 24.9. The lowest BCUT2D eigenvalue weighted by molar-refractivity contribution is 0.458. The van der Waals surface area contributed by atoms with E-state index in [0.29, 0.717) is 36.7 Å². The van der Waals surface area contributed by atoms with Crippen LogP contribution in [0.15, 0.2) is 28.0 Å². The molecule has 0 saturated heterocycles. The molecular weight excluding hydrogens is 769 g/mol. The SMILES string of the molecule is CC(C)c1cc(S(=O)(=O)[O-])c2c(c1OS(=O)(=O)c1c(I)ccc(I)c1I)CCCC2. The molecule has 1 aliphatic rings. The maximum atomic E-state index is 13.3. The van der Waals surface area contributed by atoms with Crippen molar-refractivity contribution >= 4 is 88.0 Å². The molecule has 30 heavy (non-hydrogen) atoms. The number of rotatable bonds is 5.